The quantitative estimate of drug-likeness (QED) is 0.706. The Labute approximate surface area is 145 Å². The molecule has 0 atom stereocenters. The van der Waals surface area contributed by atoms with Crippen LogP contribution in [0.5, 0.6) is 0 Å². The molecule has 5 nitrogen and oxygen atoms in total. The van der Waals surface area contributed by atoms with Gasteiger partial charge in [-0.3, -0.25) is 4.79 Å². The van der Waals surface area contributed by atoms with Gasteiger partial charge in [0.05, 0.1) is 10.5 Å². The number of hydrogen-bond acceptors (Lipinski definition) is 3. The lowest BCUT2D eigenvalue weighted by Crippen LogP contribution is -2.32. The third kappa shape index (κ3) is 5.57. The zero-order chi connectivity index (χ0) is 19.3. The van der Waals surface area contributed by atoms with Gasteiger partial charge in [-0.2, -0.15) is 17.5 Å². The zero-order valence-corrected chi connectivity index (χ0v) is 14.8. The Morgan fingerprint density at radius 3 is 1.96 bits per heavy atom. The van der Waals surface area contributed by atoms with Gasteiger partial charge < -0.3 is 5.73 Å². The highest BCUT2D eigenvalue weighted by Gasteiger charge is 2.35. The Morgan fingerprint density at radius 2 is 1.60 bits per heavy atom. The van der Waals surface area contributed by atoms with Gasteiger partial charge in [0.2, 0.25) is 15.9 Å². The van der Waals surface area contributed by atoms with Crippen molar-refractivity contribution < 1.29 is 26.4 Å². The Bertz CT molecular complexity index is 720. The molecule has 0 aliphatic rings. The molecule has 2 N–H and O–H groups in total. The first-order valence-corrected chi connectivity index (χ1v) is 9.17. The maximum absolute atomic E-state index is 13.0. The number of hydrogen-bond donors (Lipinski definition) is 1. The van der Waals surface area contributed by atoms with E-state index in [0.717, 1.165) is 24.3 Å². The number of allylic oxidation sites excluding steroid dienone is 1. The predicted molar refractivity (Wildman–Crippen MR) is 89.0 cm³/mol. The molecular formula is C16H21F3N2O3S. The van der Waals surface area contributed by atoms with Crippen molar-refractivity contribution in [3.05, 3.63) is 35.9 Å². The summed E-state index contributed by atoms with van der Waals surface area (Å²) in [5, 5.41) is 0. The van der Waals surface area contributed by atoms with Crippen molar-refractivity contribution in [3.63, 3.8) is 0 Å². The summed E-state index contributed by atoms with van der Waals surface area (Å²) in [5.41, 5.74) is 3.26. The van der Waals surface area contributed by atoms with Gasteiger partial charge in [0.1, 0.15) is 0 Å². The number of amides is 1. The van der Waals surface area contributed by atoms with Gasteiger partial charge in [-0.15, -0.1) is 0 Å². The molecule has 1 aromatic rings. The van der Waals surface area contributed by atoms with Gasteiger partial charge >= 0.3 is 6.18 Å². The van der Waals surface area contributed by atoms with Crippen molar-refractivity contribution in [1.82, 2.24) is 4.31 Å². The summed E-state index contributed by atoms with van der Waals surface area (Å²) in [7, 11) is -3.79. The number of primary amides is 1. The lowest BCUT2D eigenvalue weighted by Gasteiger charge is -2.21. The van der Waals surface area contributed by atoms with Crippen molar-refractivity contribution in [2.24, 2.45) is 5.73 Å². The highest BCUT2D eigenvalue weighted by molar-refractivity contribution is 7.89. The fourth-order valence-corrected chi connectivity index (χ4v) is 3.90. The maximum atomic E-state index is 13.0. The standard InChI is InChI=1S/C16H21F3N2O3S/c1-3-9-21(10-4-2)25(23,24)13-7-5-12(6-8-13)14(11-15(20)22)16(17,18)19/h5-8,11H,3-4,9-10H2,1-2H3,(H2,20,22)/b14-11-. The molecule has 0 radical (unpaired) electrons. The van der Waals surface area contributed by atoms with E-state index in [1.807, 2.05) is 13.8 Å². The van der Waals surface area contributed by atoms with E-state index in [2.05, 4.69) is 0 Å². The van der Waals surface area contributed by atoms with Crippen LogP contribution < -0.4 is 5.73 Å². The average Bonchev–Trinajstić information content (AvgIpc) is 2.51. The van der Waals surface area contributed by atoms with Crippen molar-refractivity contribution in [3.8, 4) is 0 Å². The summed E-state index contributed by atoms with van der Waals surface area (Å²) in [6.45, 7) is 4.33. The lowest BCUT2D eigenvalue weighted by atomic mass is 10.1. The molecule has 0 saturated heterocycles. The molecule has 1 rings (SSSR count). The first kappa shape index (κ1) is 21.2. The number of nitrogens with zero attached hydrogens (tertiary/aromatic N) is 1. The summed E-state index contributed by atoms with van der Waals surface area (Å²) in [4.78, 5) is 10.7. The Hall–Kier alpha value is -1.87. The first-order chi connectivity index (χ1) is 11.5. The van der Waals surface area contributed by atoms with Crippen LogP contribution in [0.2, 0.25) is 0 Å². The summed E-state index contributed by atoms with van der Waals surface area (Å²) >= 11 is 0. The van der Waals surface area contributed by atoms with E-state index in [-0.39, 0.29) is 16.5 Å². The smallest absolute Gasteiger partial charge is 0.366 e. The van der Waals surface area contributed by atoms with E-state index in [9.17, 15) is 26.4 Å². The minimum absolute atomic E-state index is 0.0984. The van der Waals surface area contributed by atoms with Crippen LogP contribution in [-0.4, -0.2) is 37.9 Å². The molecule has 9 heteroatoms. The van der Waals surface area contributed by atoms with Gasteiger partial charge in [-0.25, -0.2) is 8.42 Å². The molecule has 140 valence electrons. The van der Waals surface area contributed by atoms with Crippen molar-refractivity contribution in [1.29, 1.82) is 0 Å². The molecule has 0 aliphatic heterocycles. The molecule has 0 heterocycles. The number of nitrogens with two attached hydrogens (primary N) is 1. The van der Waals surface area contributed by atoms with Crippen LogP contribution in [0.4, 0.5) is 13.2 Å². The minimum atomic E-state index is -4.79. The van der Waals surface area contributed by atoms with Gasteiger partial charge in [-0.05, 0) is 30.5 Å². The van der Waals surface area contributed by atoms with Crippen LogP contribution in [0.15, 0.2) is 35.2 Å². The van der Waals surface area contributed by atoms with Crippen LogP contribution in [0, 0.1) is 0 Å². The second-order valence-electron chi connectivity index (χ2n) is 5.39. The summed E-state index contributed by atoms with van der Waals surface area (Å²) in [6, 6.07) is 4.24. The third-order valence-electron chi connectivity index (χ3n) is 3.34. The van der Waals surface area contributed by atoms with Crippen LogP contribution in [0.25, 0.3) is 5.57 Å². The van der Waals surface area contributed by atoms with Crippen molar-refractivity contribution >= 4 is 21.5 Å². The van der Waals surface area contributed by atoms with Crippen molar-refractivity contribution in [2.75, 3.05) is 13.1 Å². The van der Waals surface area contributed by atoms with Gasteiger partial charge in [0.25, 0.3) is 0 Å². The molecule has 0 spiro atoms. The number of sulfonamides is 1. The summed E-state index contributed by atoms with van der Waals surface area (Å²) < 4.78 is 65.5. The number of carbonyl (C=O) groups is 1. The number of rotatable bonds is 8. The average molecular weight is 378 g/mol. The Balaban J connectivity index is 3.27. The van der Waals surface area contributed by atoms with Crippen LogP contribution in [0.3, 0.4) is 0 Å². The predicted octanol–water partition coefficient (Wildman–Crippen LogP) is 2.93. The molecule has 0 saturated carbocycles. The molecule has 1 amide bonds. The van der Waals surface area contributed by atoms with Crippen molar-refractivity contribution in [2.45, 2.75) is 37.8 Å². The summed E-state index contributed by atoms with van der Waals surface area (Å²) in [5.74, 6) is -1.24. The number of benzene rings is 1. The van der Waals surface area contributed by atoms with Gasteiger partial charge in [-0.1, -0.05) is 26.0 Å². The van der Waals surface area contributed by atoms with E-state index < -0.39 is 27.7 Å². The molecule has 1 aromatic carbocycles. The van der Waals surface area contributed by atoms with Crippen LogP contribution >= 0.6 is 0 Å². The number of halogens is 3. The van der Waals surface area contributed by atoms with E-state index >= 15 is 0 Å². The second-order valence-corrected chi connectivity index (χ2v) is 7.32. The lowest BCUT2D eigenvalue weighted by molar-refractivity contribution is -0.114. The minimum Gasteiger partial charge on any atom is -0.366 e. The third-order valence-corrected chi connectivity index (χ3v) is 5.25. The van der Waals surface area contributed by atoms with E-state index in [1.54, 1.807) is 0 Å². The van der Waals surface area contributed by atoms with E-state index in [1.165, 1.54) is 4.31 Å². The molecule has 0 unspecified atom stereocenters. The number of carbonyl (C=O) groups excluding carboxylic acids is 1. The van der Waals surface area contributed by atoms with Gasteiger partial charge in [0.15, 0.2) is 0 Å². The maximum Gasteiger partial charge on any atom is 0.417 e. The largest absolute Gasteiger partial charge is 0.417 e. The molecule has 0 fully saturated rings. The molecule has 0 aliphatic carbocycles. The fourth-order valence-electron chi connectivity index (χ4n) is 2.28. The zero-order valence-electron chi connectivity index (χ0n) is 14.0. The second kappa shape index (κ2) is 8.48. The molecule has 25 heavy (non-hydrogen) atoms. The highest BCUT2D eigenvalue weighted by atomic mass is 32.2. The molecule has 0 aromatic heterocycles. The van der Waals surface area contributed by atoms with Crippen LogP contribution in [-0.2, 0) is 14.8 Å². The monoisotopic (exact) mass is 378 g/mol. The summed E-state index contributed by atoms with van der Waals surface area (Å²) in [6.07, 6.45) is -3.26. The fraction of sp³-hybridized carbons (Fsp3) is 0.438. The van der Waals surface area contributed by atoms with E-state index in [0.29, 0.717) is 25.9 Å². The van der Waals surface area contributed by atoms with Crippen LogP contribution in [0.1, 0.15) is 32.3 Å². The highest BCUT2D eigenvalue weighted by Crippen LogP contribution is 2.34. The SMILES string of the molecule is CCCN(CCC)S(=O)(=O)c1ccc(/C(=C/C(N)=O)C(F)(F)F)cc1. The molecule has 0 bridgehead atoms. The normalized spacial score (nSPS) is 13.3. The molecular weight excluding hydrogens is 357 g/mol. The van der Waals surface area contributed by atoms with Gasteiger partial charge in [0, 0.05) is 19.2 Å². The Kier molecular flexibility index (Phi) is 7.18. The van der Waals surface area contributed by atoms with E-state index in [4.69, 9.17) is 5.73 Å². The number of alkyl halides is 3. The first-order valence-electron chi connectivity index (χ1n) is 7.73. The topological polar surface area (TPSA) is 80.5 Å². The Morgan fingerprint density at radius 1 is 1.12 bits per heavy atom.